The maximum Gasteiger partial charge on any atom is 0.0544 e. The molecule has 18 heavy (non-hydrogen) atoms. The van der Waals surface area contributed by atoms with E-state index in [1.165, 1.54) is 29.7 Å². The van der Waals surface area contributed by atoms with E-state index in [0.717, 1.165) is 12.1 Å². The first kappa shape index (κ1) is 12.4. The van der Waals surface area contributed by atoms with Crippen molar-refractivity contribution in [1.82, 2.24) is 4.98 Å². The lowest BCUT2D eigenvalue weighted by Crippen LogP contribution is -1.96. The van der Waals surface area contributed by atoms with Crippen molar-refractivity contribution in [3.8, 4) is 0 Å². The van der Waals surface area contributed by atoms with Crippen LogP contribution in [-0.4, -0.2) is 4.98 Å². The number of thiophene rings is 1. The zero-order valence-electron chi connectivity index (χ0n) is 10.4. The van der Waals surface area contributed by atoms with E-state index >= 15 is 0 Å². The fourth-order valence-corrected chi connectivity index (χ4v) is 4.39. The second kappa shape index (κ2) is 5.14. The van der Waals surface area contributed by atoms with Gasteiger partial charge in [-0.3, -0.25) is 4.98 Å². The maximum atomic E-state index is 4.48. The zero-order valence-corrected chi connectivity index (χ0v) is 12.9. The Morgan fingerprint density at radius 1 is 1.39 bits per heavy atom. The Morgan fingerprint density at radius 2 is 2.28 bits per heavy atom. The van der Waals surface area contributed by atoms with Gasteiger partial charge in [0.2, 0.25) is 0 Å². The van der Waals surface area contributed by atoms with Crippen LogP contribution in [0.25, 0.3) is 0 Å². The predicted molar refractivity (Wildman–Crippen MR) is 80.7 cm³/mol. The van der Waals surface area contributed by atoms with Crippen LogP contribution in [0.2, 0.25) is 0 Å². The molecule has 0 radical (unpaired) electrons. The molecule has 0 aromatic carbocycles. The van der Waals surface area contributed by atoms with Gasteiger partial charge in [0.15, 0.2) is 0 Å². The van der Waals surface area contributed by atoms with Gasteiger partial charge in [-0.1, -0.05) is 22.0 Å². The molecular weight excluding hydrogens is 306 g/mol. The van der Waals surface area contributed by atoms with E-state index in [1.54, 1.807) is 10.4 Å². The van der Waals surface area contributed by atoms with Gasteiger partial charge in [0.05, 0.1) is 4.83 Å². The summed E-state index contributed by atoms with van der Waals surface area (Å²) in [4.78, 5) is 7.95. The van der Waals surface area contributed by atoms with Gasteiger partial charge in [0, 0.05) is 28.1 Å². The van der Waals surface area contributed by atoms with E-state index in [2.05, 4.69) is 46.0 Å². The van der Waals surface area contributed by atoms with E-state index in [-0.39, 0.29) is 0 Å². The lowest BCUT2D eigenvalue weighted by Gasteiger charge is -2.07. The van der Waals surface area contributed by atoms with Crippen molar-refractivity contribution in [2.75, 3.05) is 0 Å². The molecule has 0 saturated carbocycles. The molecule has 2 aromatic rings. The quantitative estimate of drug-likeness (QED) is 0.752. The molecule has 0 saturated heterocycles. The van der Waals surface area contributed by atoms with Gasteiger partial charge in [-0.05, 0) is 49.4 Å². The fraction of sp³-hybridized carbons (Fsp3) is 0.400. The van der Waals surface area contributed by atoms with Crippen LogP contribution in [0, 0.1) is 6.92 Å². The molecule has 0 aliphatic heterocycles. The predicted octanol–water partition coefficient (Wildman–Crippen LogP) is 4.62. The maximum absolute atomic E-state index is 4.48. The van der Waals surface area contributed by atoms with E-state index in [9.17, 15) is 0 Å². The topological polar surface area (TPSA) is 12.9 Å². The smallest absolute Gasteiger partial charge is 0.0544 e. The first-order chi connectivity index (χ1) is 8.72. The first-order valence-electron chi connectivity index (χ1n) is 6.39. The largest absolute Gasteiger partial charge is 0.261 e. The summed E-state index contributed by atoms with van der Waals surface area (Å²) in [7, 11) is 0. The van der Waals surface area contributed by atoms with Crippen LogP contribution in [0.15, 0.2) is 24.4 Å². The third-order valence-electron chi connectivity index (χ3n) is 3.44. The van der Waals surface area contributed by atoms with E-state index in [0.29, 0.717) is 4.83 Å². The molecule has 0 spiro atoms. The Bertz CT molecular complexity index is 523. The highest BCUT2D eigenvalue weighted by Gasteiger charge is 2.19. The summed E-state index contributed by atoms with van der Waals surface area (Å²) in [5.41, 5.74) is 3.97. The van der Waals surface area contributed by atoms with Gasteiger partial charge >= 0.3 is 0 Å². The van der Waals surface area contributed by atoms with Crippen molar-refractivity contribution >= 4 is 27.3 Å². The molecule has 0 amide bonds. The minimum atomic E-state index is 0.406. The monoisotopic (exact) mass is 321 g/mol. The van der Waals surface area contributed by atoms with E-state index < -0.39 is 0 Å². The zero-order chi connectivity index (χ0) is 12.5. The van der Waals surface area contributed by atoms with E-state index in [1.807, 2.05) is 17.5 Å². The van der Waals surface area contributed by atoms with Crippen molar-refractivity contribution in [2.45, 2.75) is 37.4 Å². The highest BCUT2D eigenvalue weighted by atomic mass is 79.9. The lowest BCUT2D eigenvalue weighted by molar-refractivity contribution is 0.900. The summed E-state index contributed by atoms with van der Waals surface area (Å²) >= 11 is 5.79. The van der Waals surface area contributed by atoms with E-state index in [4.69, 9.17) is 0 Å². The van der Waals surface area contributed by atoms with Gasteiger partial charge in [-0.25, -0.2) is 0 Å². The molecule has 94 valence electrons. The molecule has 1 unspecified atom stereocenters. The van der Waals surface area contributed by atoms with Crippen LogP contribution < -0.4 is 0 Å². The minimum Gasteiger partial charge on any atom is -0.261 e. The minimum absolute atomic E-state index is 0.406. The molecule has 1 aliphatic rings. The second-order valence-corrected chi connectivity index (χ2v) is 7.22. The van der Waals surface area contributed by atoms with Crippen LogP contribution in [0.4, 0.5) is 0 Å². The Balaban J connectivity index is 1.74. The van der Waals surface area contributed by atoms with Gasteiger partial charge < -0.3 is 0 Å². The number of fused-ring (bicyclic) bond motifs is 1. The molecular formula is C15H16BrNS. The second-order valence-electron chi connectivity index (χ2n) is 4.95. The van der Waals surface area contributed by atoms with Crippen molar-refractivity contribution in [2.24, 2.45) is 0 Å². The molecule has 2 heterocycles. The van der Waals surface area contributed by atoms with Crippen molar-refractivity contribution in [1.29, 1.82) is 0 Å². The average Bonchev–Trinajstić information content (AvgIpc) is 2.92. The van der Waals surface area contributed by atoms with Gasteiger partial charge in [-0.15, -0.1) is 11.3 Å². The normalized spacial score (nSPS) is 15.7. The third kappa shape index (κ3) is 2.52. The van der Waals surface area contributed by atoms with Crippen LogP contribution in [0.1, 0.15) is 37.8 Å². The summed E-state index contributed by atoms with van der Waals surface area (Å²) in [6.07, 6.45) is 6.81. The molecule has 1 nitrogen and oxygen atoms in total. The highest BCUT2D eigenvalue weighted by molar-refractivity contribution is 9.09. The summed E-state index contributed by atoms with van der Waals surface area (Å²) < 4.78 is 0. The molecule has 3 heteroatoms. The highest BCUT2D eigenvalue weighted by Crippen LogP contribution is 2.38. The molecule has 0 N–H and O–H groups in total. The Hall–Kier alpha value is -0.670. The first-order valence-corrected chi connectivity index (χ1v) is 8.12. The lowest BCUT2D eigenvalue weighted by atomic mass is 10.1. The summed E-state index contributed by atoms with van der Waals surface area (Å²) in [6.45, 7) is 2.08. The number of aryl methyl sites for hydroxylation is 3. The average molecular weight is 322 g/mol. The Labute approximate surface area is 120 Å². The number of aromatic nitrogens is 1. The SMILES string of the molecule is Cc1ccc(CC(Br)c2cc3c(s2)CCC3)nc1. The summed E-state index contributed by atoms with van der Waals surface area (Å²) in [5.74, 6) is 0. The van der Waals surface area contributed by atoms with Crippen molar-refractivity contribution < 1.29 is 0 Å². The van der Waals surface area contributed by atoms with Crippen LogP contribution >= 0.6 is 27.3 Å². The number of rotatable bonds is 3. The van der Waals surface area contributed by atoms with Crippen molar-refractivity contribution in [3.63, 3.8) is 0 Å². The summed E-state index contributed by atoms with van der Waals surface area (Å²) in [5, 5.41) is 0. The van der Waals surface area contributed by atoms with Crippen molar-refractivity contribution in [3.05, 3.63) is 51.0 Å². The number of halogens is 1. The van der Waals surface area contributed by atoms with Crippen LogP contribution in [0.5, 0.6) is 0 Å². The number of hydrogen-bond donors (Lipinski definition) is 0. The molecule has 3 rings (SSSR count). The fourth-order valence-electron chi connectivity index (χ4n) is 2.41. The number of alkyl halides is 1. The molecule has 0 bridgehead atoms. The Morgan fingerprint density at radius 3 is 3.00 bits per heavy atom. The number of nitrogens with zero attached hydrogens (tertiary/aromatic N) is 1. The van der Waals surface area contributed by atoms with Gasteiger partial charge in [-0.2, -0.15) is 0 Å². The molecule has 2 aromatic heterocycles. The molecule has 1 aliphatic carbocycles. The molecule has 1 atom stereocenters. The van der Waals surface area contributed by atoms with Crippen LogP contribution in [-0.2, 0) is 19.3 Å². The number of pyridine rings is 1. The Kier molecular flexibility index (Phi) is 3.53. The standard InChI is InChI=1S/C15H16BrNS/c1-10-5-6-12(17-9-10)8-13(16)15-7-11-3-2-4-14(11)18-15/h5-7,9,13H,2-4,8H2,1H3. The van der Waals surface area contributed by atoms with Crippen LogP contribution in [0.3, 0.4) is 0 Å². The van der Waals surface area contributed by atoms with Gasteiger partial charge in [0.1, 0.15) is 0 Å². The van der Waals surface area contributed by atoms with Gasteiger partial charge in [0.25, 0.3) is 0 Å². The number of hydrogen-bond acceptors (Lipinski definition) is 2. The third-order valence-corrected chi connectivity index (χ3v) is 5.91. The molecule has 0 fully saturated rings. The summed E-state index contributed by atoms with van der Waals surface area (Å²) in [6, 6.07) is 6.65.